The van der Waals surface area contributed by atoms with E-state index >= 15 is 0 Å². The normalized spacial score (nSPS) is 20.5. The minimum atomic E-state index is -0.283. The summed E-state index contributed by atoms with van der Waals surface area (Å²) in [5.41, 5.74) is 6.67. The number of benzene rings is 2. The number of nitrogens with zero attached hydrogens (tertiary/aromatic N) is 1. The Hall–Kier alpha value is -3.06. The predicted octanol–water partition coefficient (Wildman–Crippen LogP) is 4.47. The molecule has 0 saturated carbocycles. The third kappa shape index (κ3) is 2.90. The van der Waals surface area contributed by atoms with E-state index in [0.29, 0.717) is 17.7 Å². The average molecular weight is 359 g/mol. The van der Waals surface area contributed by atoms with Crippen LogP contribution in [0.1, 0.15) is 45.9 Å². The van der Waals surface area contributed by atoms with Gasteiger partial charge < -0.3 is 9.47 Å². The Labute approximate surface area is 159 Å². The summed E-state index contributed by atoms with van der Waals surface area (Å²) in [4.78, 5) is 12.0. The predicted molar refractivity (Wildman–Crippen MR) is 101 cm³/mol. The van der Waals surface area contributed by atoms with Gasteiger partial charge in [-0.25, -0.2) is 4.79 Å². The van der Waals surface area contributed by atoms with Gasteiger partial charge in [-0.15, -0.1) is 0 Å². The molecule has 136 valence electrons. The van der Waals surface area contributed by atoms with E-state index in [1.165, 1.54) is 5.56 Å². The van der Waals surface area contributed by atoms with Crippen LogP contribution in [0.25, 0.3) is 0 Å². The van der Waals surface area contributed by atoms with Gasteiger partial charge in [-0.3, -0.25) is 0 Å². The maximum Gasteiger partial charge on any atom is 0.334 e. The molecule has 0 unspecified atom stereocenters. The SMILES string of the molecule is C=C1C(=O)O[C@H]2c3c(C)c(OCc4cccc(C#N)c4)cc(C)c3CC[C@@H]12. The van der Waals surface area contributed by atoms with Crippen LogP contribution in [0, 0.1) is 31.1 Å². The molecule has 1 aliphatic heterocycles. The zero-order valence-corrected chi connectivity index (χ0v) is 15.5. The fourth-order valence-corrected chi connectivity index (χ4v) is 4.21. The molecule has 0 radical (unpaired) electrons. The quantitative estimate of drug-likeness (QED) is 0.599. The second kappa shape index (κ2) is 6.59. The standard InChI is InChI=1S/C23H21NO3/c1-13-9-20(26-12-17-6-4-5-16(10-17)11-24)15(3)21-18(13)7-8-19-14(2)23(25)27-22(19)21/h4-6,9-10,19,22H,2,7-8,12H2,1,3H3/t19-,22+/m0/s1. The van der Waals surface area contributed by atoms with Gasteiger partial charge in [-0.2, -0.15) is 5.26 Å². The van der Waals surface area contributed by atoms with Crippen molar-refractivity contribution in [1.29, 1.82) is 5.26 Å². The molecule has 1 heterocycles. The minimum absolute atomic E-state index is 0.0608. The van der Waals surface area contributed by atoms with E-state index in [9.17, 15) is 4.79 Å². The highest BCUT2D eigenvalue weighted by molar-refractivity contribution is 5.91. The lowest BCUT2D eigenvalue weighted by molar-refractivity contribution is -0.139. The van der Waals surface area contributed by atoms with E-state index in [1.54, 1.807) is 6.07 Å². The van der Waals surface area contributed by atoms with E-state index in [-0.39, 0.29) is 18.0 Å². The molecule has 2 aromatic rings. The number of ether oxygens (including phenoxy) is 2. The van der Waals surface area contributed by atoms with E-state index in [0.717, 1.165) is 40.8 Å². The van der Waals surface area contributed by atoms with Crippen molar-refractivity contribution in [2.45, 2.75) is 39.4 Å². The van der Waals surface area contributed by atoms with E-state index in [4.69, 9.17) is 14.7 Å². The molecular weight excluding hydrogens is 338 g/mol. The highest BCUT2D eigenvalue weighted by Gasteiger charge is 2.44. The third-order valence-electron chi connectivity index (χ3n) is 5.67. The topological polar surface area (TPSA) is 59.3 Å². The number of aryl methyl sites for hydroxylation is 1. The fraction of sp³-hybridized carbons (Fsp3) is 0.304. The number of rotatable bonds is 3. The summed E-state index contributed by atoms with van der Waals surface area (Å²) in [6, 6.07) is 11.6. The summed E-state index contributed by atoms with van der Waals surface area (Å²) in [6.07, 6.45) is 1.56. The molecule has 4 heteroatoms. The van der Waals surface area contributed by atoms with Crippen LogP contribution >= 0.6 is 0 Å². The molecule has 0 N–H and O–H groups in total. The van der Waals surface area contributed by atoms with Crippen molar-refractivity contribution < 1.29 is 14.3 Å². The smallest absolute Gasteiger partial charge is 0.334 e. The number of carbonyl (C=O) groups excluding carboxylic acids is 1. The summed E-state index contributed by atoms with van der Waals surface area (Å²) in [7, 11) is 0. The van der Waals surface area contributed by atoms with Crippen LogP contribution in [-0.2, 0) is 22.6 Å². The molecular formula is C23H21NO3. The molecule has 27 heavy (non-hydrogen) atoms. The highest BCUT2D eigenvalue weighted by atomic mass is 16.6. The zero-order chi connectivity index (χ0) is 19.1. The highest BCUT2D eigenvalue weighted by Crippen LogP contribution is 2.49. The lowest BCUT2D eigenvalue weighted by atomic mass is 9.76. The van der Waals surface area contributed by atoms with Gasteiger partial charge in [0, 0.05) is 17.1 Å². The second-order valence-electron chi connectivity index (χ2n) is 7.31. The van der Waals surface area contributed by atoms with Crippen molar-refractivity contribution in [1.82, 2.24) is 0 Å². The molecule has 4 rings (SSSR count). The van der Waals surface area contributed by atoms with Crippen LogP contribution in [0.3, 0.4) is 0 Å². The number of fused-ring (bicyclic) bond motifs is 3. The second-order valence-corrected chi connectivity index (χ2v) is 7.31. The number of hydrogen-bond acceptors (Lipinski definition) is 4. The summed E-state index contributed by atoms with van der Waals surface area (Å²) >= 11 is 0. The third-order valence-corrected chi connectivity index (χ3v) is 5.67. The monoisotopic (exact) mass is 359 g/mol. The Morgan fingerprint density at radius 3 is 2.93 bits per heavy atom. The summed E-state index contributed by atoms with van der Waals surface area (Å²) in [5, 5.41) is 9.05. The number of esters is 1. The molecule has 1 aliphatic carbocycles. The molecule has 4 nitrogen and oxygen atoms in total. The van der Waals surface area contributed by atoms with Gasteiger partial charge in [0.2, 0.25) is 0 Å². The molecule has 0 aromatic heterocycles. The number of nitriles is 1. The van der Waals surface area contributed by atoms with Crippen molar-refractivity contribution >= 4 is 5.97 Å². The van der Waals surface area contributed by atoms with Crippen LogP contribution in [0.5, 0.6) is 5.75 Å². The zero-order valence-electron chi connectivity index (χ0n) is 15.5. The van der Waals surface area contributed by atoms with Gasteiger partial charge in [0.25, 0.3) is 0 Å². The first kappa shape index (κ1) is 17.4. The van der Waals surface area contributed by atoms with Crippen molar-refractivity contribution in [3.63, 3.8) is 0 Å². The van der Waals surface area contributed by atoms with Crippen LogP contribution in [0.2, 0.25) is 0 Å². The molecule has 0 bridgehead atoms. The molecule has 0 spiro atoms. The van der Waals surface area contributed by atoms with Crippen LogP contribution in [-0.4, -0.2) is 5.97 Å². The van der Waals surface area contributed by atoms with Gasteiger partial charge in [0.1, 0.15) is 18.5 Å². The Bertz CT molecular complexity index is 999. The van der Waals surface area contributed by atoms with Crippen LogP contribution in [0.15, 0.2) is 42.5 Å². The van der Waals surface area contributed by atoms with Gasteiger partial charge in [-0.05, 0) is 67.1 Å². The Kier molecular flexibility index (Phi) is 4.24. The number of carbonyl (C=O) groups is 1. The van der Waals surface area contributed by atoms with E-state index < -0.39 is 0 Å². The molecule has 2 atom stereocenters. The van der Waals surface area contributed by atoms with Crippen molar-refractivity contribution in [3.8, 4) is 11.8 Å². The molecule has 0 amide bonds. The summed E-state index contributed by atoms with van der Waals surface area (Å²) in [6.45, 7) is 8.41. The fourth-order valence-electron chi connectivity index (χ4n) is 4.21. The average Bonchev–Trinajstić information content (AvgIpc) is 2.97. The Morgan fingerprint density at radius 1 is 1.33 bits per heavy atom. The van der Waals surface area contributed by atoms with Crippen molar-refractivity contribution in [2.24, 2.45) is 5.92 Å². The van der Waals surface area contributed by atoms with E-state index in [1.807, 2.05) is 25.1 Å². The van der Waals surface area contributed by atoms with Gasteiger partial charge in [-0.1, -0.05) is 18.7 Å². The molecule has 1 saturated heterocycles. The lowest BCUT2D eigenvalue weighted by Crippen LogP contribution is -2.20. The minimum Gasteiger partial charge on any atom is -0.489 e. The van der Waals surface area contributed by atoms with Crippen molar-refractivity contribution in [3.05, 3.63) is 75.9 Å². The largest absolute Gasteiger partial charge is 0.489 e. The Balaban J connectivity index is 1.67. The van der Waals surface area contributed by atoms with Gasteiger partial charge >= 0.3 is 5.97 Å². The maximum atomic E-state index is 12.0. The maximum absolute atomic E-state index is 12.0. The van der Waals surface area contributed by atoms with Gasteiger partial charge in [0.15, 0.2) is 0 Å². The molecule has 2 aromatic carbocycles. The lowest BCUT2D eigenvalue weighted by Gasteiger charge is -2.30. The van der Waals surface area contributed by atoms with Gasteiger partial charge in [0.05, 0.1) is 11.6 Å². The first-order valence-corrected chi connectivity index (χ1v) is 9.14. The van der Waals surface area contributed by atoms with E-state index in [2.05, 4.69) is 25.6 Å². The van der Waals surface area contributed by atoms with Crippen LogP contribution in [0.4, 0.5) is 0 Å². The van der Waals surface area contributed by atoms with Crippen LogP contribution < -0.4 is 4.74 Å². The summed E-state index contributed by atoms with van der Waals surface area (Å²) in [5.74, 6) is 0.572. The first-order valence-electron chi connectivity index (χ1n) is 9.14. The number of hydrogen-bond donors (Lipinski definition) is 0. The van der Waals surface area contributed by atoms with Crippen molar-refractivity contribution in [2.75, 3.05) is 0 Å². The first-order chi connectivity index (χ1) is 13.0. The molecule has 2 aliphatic rings. The molecule has 1 fully saturated rings. The summed E-state index contributed by atoms with van der Waals surface area (Å²) < 4.78 is 11.8. The Morgan fingerprint density at radius 2 is 2.15 bits per heavy atom.